The van der Waals surface area contributed by atoms with Gasteiger partial charge in [-0.15, -0.1) is 0 Å². The standard InChI is InChI=1S/C23H29ClN4O2/c1-4-5-14-28-22(24)20(16(2)26-28)12-13-21(29)27(19-10-11-19)15-17-6-8-18(9-7-17)23(30)25-3/h6-9,12-13,19H,4-5,10-11,14-15H2,1-3H3,(H,25,30)/b13-12+. The molecule has 0 saturated heterocycles. The van der Waals surface area contributed by atoms with E-state index in [4.69, 9.17) is 11.6 Å². The van der Waals surface area contributed by atoms with E-state index in [9.17, 15) is 9.59 Å². The minimum Gasteiger partial charge on any atom is -0.355 e. The van der Waals surface area contributed by atoms with Gasteiger partial charge in [0, 0.05) is 43.4 Å². The van der Waals surface area contributed by atoms with E-state index in [1.165, 1.54) is 0 Å². The van der Waals surface area contributed by atoms with Gasteiger partial charge in [-0.05, 0) is 50.0 Å². The van der Waals surface area contributed by atoms with Gasteiger partial charge in [-0.25, -0.2) is 0 Å². The van der Waals surface area contributed by atoms with E-state index in [-0.39, 0.29) is 17.9 Å². The number of hydrogen-bond donors (Lipinski definition) is 1. The molecule has 1 aliphatic carbocycles. The van der Waals surface area contributed by atoms with Gasteiger partial charge in [0.1, 0.15) is 5.15 Å². The summed E-state index contributed by atoms with van der Waals surface area (Å²) in [5, 5.41) is 7.68. The summed E-state index contributed by atoms with van der Waals surface area (Å²) in [5.41, 5.74) is 3.23. The maximum absolute atomic E-state index is 12.9. The van der Waals surface area contributed by atoms with Gasteiger partial charge in [-0.3, -0.25) is 14.3 Å². The number of halogens is 1. The van der Waals surface area contributed by atoms with Gasteiger partial charge < -0.3 is 10.2 Å². The maximum Gasteiger partial charge on any atom is 0.251 e. The lowest BCUT2D eigenvalue weighted by Gasteiger charge is -2.21. The highest BCUT2D eigenvalue weighted by atomic mass is 35.5. The molecule has 160 valence electrons. The molecule has 0 radical (unpaired) electrons. The molecule has 3 rings (SSSR count). The first-order valence-electron chi connectivity index (χ1n) is 10.5. The van der Waals surface area contributed by atoms with E-state index < -0.39 is 0 Å². The van der Waals surface area contributed by atoms with Gasteiger partial charge in [0.05, 0.1) is 5.69 Å². The molecule has 1 heterocycles. The summed E-state index contributed by atoms with van der Waals surface area (Å²) in [5.74, 6) is -0.156. The number of carbonyl (C=O) groups excluding carboxylic acids is 2. The SMILES string of the molecule is CCCCn1nc(C)c(/C=C/C(=O)N(Cc2ccc(C(=O)NC)cc2)C2CC2)c1Cl. The average Bonchev–Trinajstić information content (AvgIpc) is 3.55. The van der Waals surface area contributed by atoms with Crippen LogP contribution in [-0.4, -0.2) is 39.6 Å². The molecule has 0 spiro atoms. The summed E-state index contributed by atoms with van der Waals surface area (Å²) in [6, 6.07) is 7.64. The fraction of sp³-hybridized carbons (Fsp3) is 0.435. The summed E-state index contributed by atoms with van der Waals surface area (Å²) in [6.07, 6.45) is 7.49. The van der Waals surface area contributed by atoms with Crippen molar-refractivity contribution in [3.05, 3.63) is 57.9 Å². The Morgan fingerprint density at radius 3 is 2.60 bits per heavy atom. The van der Waals surface area contributed by atoms with E-state index in [1.54, 1.807) is 36.0 Å². The predicted octanol–water partition coefficient (Wildman–Crippen LogP) is 4.21. The van der Waals surface area contributed by atoms with Crippen LogP contribution in [0.5, 0.6) is 0 Å². The number of carbonyl (C=O) groups is 2. The molecule has 30 heavy (non-hydrogen) atoms. The Bertz CT molecular complexity index is 929. The van der Waals surface area contributed by atoms with Crippen molar-refractivity contribution in [1.82, 2.24) is 20.0 Å². The molecule has 2 aromatic rings. The van der Waals surface area contributed by atoms with Crippen molar-refractivity contribution in [2.75, 3.05) is 7.05 Å². The fourth-order valence-electron chi connectivity index (χ4n) is 3.34. The van der Waals surface area contributed by atoms with Gasteiger partial charge in [-0.2, -0.15) is 5.10 Å². The molecule has 1 aliphatic rings. The molecule has 2 amide bonds. The second-order valence-corrected chi connectivity index (χ2v) is 8.03. The molecule has 1 N–H and O–H groups in total. The van der Waals surface area contributed by atoms with Crippen LogP contribution in [0.4, 0.5) is 0 Å². The van der Waals surface area contributed by atoms with Crippen molar-refractivity contribution < 1.29 is 9.59 Å². The van der Waals surface area contributed by atoms with Gasteiger partial charge in [0.25, 0.3) is 5.91 Å². The zero-order valence-corrected chi connectivity index (χ0v) is 18.6. The van der Waals surface area contributed by atoms with E-state index in [0.717, 1.165) is 49.0 Å². The van der Waals surface area contributed by atoms with Crippen LogP contribution in [0.25, 0.3) is 6.08 Å². The monoisotopic (exact) mass is 428 g/mol. The van der Waals surface area contributed by atoms with Crippen LogP contribution in [0.3, 0.4) is 0 Å². The second-order valence-electron chi connectivity index (χ2n) is 7.67. The number of rotatable bonds is 9. The Hall–Kier alpha value is -2.60. The molecule has 6 nitrogen and oxygen atoms in total. The number of nitrogens with zero attached hydrogens (tertiary/aromatic N) is 3. The van der Waals surface area contributed by atoms with Gasteiger partial charge in [0.15, 0.2) is 0 Å². The molecule has 1 fully saturated rings. The topological polar surface area (TPSA) is 67.2 Å². The lowest BCUT2D eigenvalue weighted by atomic mass is 10.1. The molecular weight excluding hydrogens is 400 g/mol. The third-order valence-electron chi connectivity index (χ3n) is 5.29. The molecular formula is C23H29ClN4O2. The number of nitrogens with one attached hydrogen (secondary N) is 1. The number of hydrogen-bond acceptors (Lipinski definition) is 3. The number of amides is 2. The average molecular weight is 429 g/mol. The quantitative estimate of drug-likeness (QED) is 0.608. The van der Waals surface area contributed by atoms with Gasteiger partial charge in [-0.1, -0.05) is 37.1 Å². The fourth-order valence-corrected chi connectivity index (χ4v) is 3.66. The van der Waals surface area contributed by atoms with E-state index in [0.29, 0.717) is 17.3 Å². The third-order valence-corrected chi connectivity index (χ3v) is 5.69. The van der Waals surface area contributed by atoms with Crippen molar-refractivity contribution in [2.45, 2.75) is 58.7 Å². The number of aromatic nitrogens is 2. The predicted molar refractivity (Wildman–Crippen MR) is 119 cm³/mol. The zero-order chi connectivity index (χ0) is 21.7. The first kappa shape index (κ1) is 22.1. The molecule has 1 aromatic carbocycles. The molecule has 0 atom stereocenters. The smallest absolute Gasteiger partial charge is 0.251 e. The Balaban J connectivity index is 1.71. The molecule has 7 heteroatoms. The lowest BCUT2D eigenvalue weighted by Crippen LogP contribution is -2.31. The van der Waals surface area contributed by atoms with E-state index in [2.05, 4.69) is 17.3 Å². The highest BCUT2D eigenvalue weighted by molar-refractivity contribution is 6.31. The van der Waals surface area contributed by atoms with Crippen molar-refractivity contribution >= 4 is 29.5 Å². The number of unbranched alkanes of at least 4 members (excludes halogenated alkanes) is 1. The van der Waals surface area contributed by atoms with E-state index >= 15 is 0 Å². The molecule has 0 aliphatic heterocycles. The highest BCUT2D eigenvalue weighted by Gasteiger charge is 2.31. The summed E-state index contributed by atoms with van der Waals surface area (Å²) in [6.45, 7) is 5.33. The molecule has 1 aromatic heterocycles. The molecule has 0 unspecified atom stereocenters. The zero-order valence-electron chi connectivity index (χ0n) is 17.8. The first-order chi connectivity index (χ1) is 14.4. The van der Waals surface area contributed by atoms with Crippen LogP contribution in [-0.2, 0) is 17.9 Å². The second kappa shape index (κ2) is 9.94. The van der Waals surface area contributed by atoms with Crippen LogP contribution in [0.2, 0.25) is 5.15 Å². The summed E-state index contributed by atoms with van der Waals surface area (Å²) >= 11 is 6.48. The molecule has 0 bridgehead atoms. The summed E-state index contributed by atoms with van der Waals surface area (Å²) in [4.78, 5) is 26.5. The summed E-state index contributed by atoms with van der Waals surface area (Å²) < 4.78 is 1.80. The van der Waals surface area contributed by atoms with Crippen LogP contribution >= 0.6 is 11.6 Å². The van der Waals surface area contributed by atoms with Crippen LogP contribution in [0.15, 0.2) is 30.3 Å². The first-order valence-corrected chi connectivity index (χ1v) is 10.8. The Kier molecular flexibility index (Phi) is 7.32. The Morgan fingerprint density at radius 1 is 1.30 bits per heavy atom. The number of benzene rings is 1. The minimum atomic E-state index is -0.119. The largest absolute Gasteiger partial charge is 0.355 e. The van der Waals surface area contributed by atoms with Crippen LogP contribution in [0.1, 0.15) is 59.8 Å². The number of aryl methyl sites for hydroxylation is 2. The van der Waals surface area contributed by atoms with Gasteiger partial charge >= 0.3 is 0 Å². The summed E-state index contributed by atoms with van der Waals surface area (Å²) in [7, 11) is 1.61. The van der Waals surface area contributed by atoms with Gasteiger partial charge in [0.2, 0.25) is 5.91 Å². The Morgan fingerprint density at radius 2 is 2.00 bits per heavy atom. The lowest BCUT2D eigenvalue weighted by molar-refractivity contribution is -0.127. The minimum absolute atomic E-state index is 0.0374. The van der Waals surface area contributed by atoms with Crippen molar-refractivity contribution in [2.24, 2.45) is 0 Å². The van der Waals surface area contributed by atoms with Crippen molar-refractivity contribution in [3.8, 4) is 0 Å². The van der Waals surface area contributed by atoms with Crippen LogP contribution < -0.4 is 5.32 Å². The van der Waals surface area contributed by atoms with Crippen molar-refractivity contribution in [1.29, 1.82) is 0 Å². The van der Waals surface area contributed by atoms with Crippen LogP contribution in [0, 0.1) is 6.92 Å². The highest BCUT2D eigenvalue weighted by Crippen LogP contribution is 2.29. The molecule has 1 saturated carbocycles. The normalized spacial score (nSPS) is 13.6. The van der Waals surface area contributed by atoms with Crippen molar-refractivity contribution in [3.63, 3.8) is 0 Å². The van der Waals surface area contributed by atoms with E-state index in [1.807, 2.05) is 24.0 Å². The third kappa shape index (κ3) is 5.30. The maximum atomic E-state index is 12.9. The Labute approximate surface area is 182 Å².